The maximum absolute atomic E-state index is 14.0. The highest BCUT2D eigenvalue weighted by atomic mass is 16.7. The number of nitrogens with zero attached hydrogens (tertiary/aromatic N) is 3. The van der Waals surface area contributed by atoms with Gasteiger partial charge in [-0.3, -0.25) is 19.2 Å². The van der Waals surface area contributed by atoms with Gasteiger partial charge in [-0.05, 0) is 16.7 Å². The van der Waals surface area contributed by atoms with E-state index in [0.29, 0.717) is 0 Å². The van der Waals surface area contributed by atoms with E-state index in [2.05, 4.69) is 0 Å². The van der Waals surface area contributed by atoms with E-state index >= 15 is 0 Å². The zero-order chi connectivity index (χ0) is 28.8. The number of carboxylic acid groups (broad SMARTS) is 1. The zero-order valence-corrected chi connectivity index (χ0v) is 22.4. The first kappa shape index (κ1) is 27.9. The zero-order valence-electron chi connectivity index (χ0n) is 22.4. The van der Waals surface area contributed by atoms with Crippen LogP contribution in [0.4, 0.5) is 4.79 Å². The van der Waals surface area contributed by atoms with Crippen LogP contribution in [-0.2, 0) is 43.4 Å². The summed E-state index contributed by atoms with van der Waals surface area (Å²) in [6.45, 7) is -0.196. The van der Waals surface area contributed by atoms with Crippen LogP contribution in [0.3, 0.4) is 0 Å². The smallest absolute Gasteiger partial charge is 0.436 e. The van der Waals surface area contributed by atoms with Gasteiger partial charge in [0.2, 0.25) is 5.91 Å². The minimum Gasteiger partial charge on any atom is -0.481 e. The number of piperazine rings is 1. The molecule has 2 saturated heterocycles. The van der Waals surface area contributed by atoms with Crippen LogP contribution in [0.5, 0.6) is 0 Å². The average molecular weight is 558 g/mol. The second kappa shape index (κ2) is 12.6. The number of hydroxylamine groups is 2. The molecule has 2 aliphatic rings. The number of carbonyl (C=O) groups is 4. The Labute approximate surface area is 237 Å². The van der Waals surface area contributed by atoms with Gasteiger partial charge in [0.25, 0.3) is 5.91 Å². The molecule has 41 heavy (non-hydrogen) atoms. The Morgan fingerprint density at radius 1 is 0.805 bits per heavy atom. The molecular weight excluding hydrogens is 526 g/mol. The molecule has 0 bridgehead atoms. The van der Waals surface area contributed by atoms with Crippen molar-refractivity contribution in [3.05, 3.63) is 108 Å². The molecule has 0 saturated carbocycles. The summed E-state index contributed by atoms with van der Waals surface area (Å²) < 4.78 is 5.59. The topological polar surface area (TPSA) is 117 Å². The summed E-state index contributed by atoms with van der Waals surface area (Å²) in [5.74, 6) is -1.85. The van der Waals surface area contributed by atoms with Crippen molar-refractivity contribution in [2.24, 2.45) is 0 Å². The summed E-state index contributed by atoms with van der Waals surface area (Å²) in [4.78, 5) is 61.4. The number of fused-ring (bicyclic) bond motifs is 1. The van der Waals surface area contributed by atoms with Gasteiger partial charge < -0.3 is 19.6 Å². The number of carbonyl (C=O) groups excluding carboxylic acids is 3. The molecule has 2 heterocycles. The predicted molar refractivity (Wildman–Crippen MR) is 147 cm³/mol. The summed E-state index contributed by atoms with van der Waals surface area (Å²) in [7, 11) is 0. The first-order valence-electron chi connectivity index (χ1n) is 13.5. The van der Waals surface area contributed by atoms with Crippen molar-refractivity contribution < 1.29 is 33.9 Å². The highest BCUT2D eigenvalue weighted by Crippen LogP contribution is 2.31. The van der Waals surface area contributed by atoms with E-state index in [-0.39, 0.29) is 44.9 Å². The fourth-order valence-electron chi connectivity index (χ4n) is 5.17. The lowest BCUT2D eigenvalue weighted by atomic mass is 9.97. The van der Waals surface area contributed by atoms with E-state index in [0.717, 1.165) is 21.8 Å². The van der Waals surface area contributed by atoms with Crippen molar-refractivity contribution in [1.82, 2.24) is 14.9 Å². The molecule has 1 unspecified atom stereocenters. The number of benzene rings is 3. The SMILES string of the molecule is O=C(O)CCN1CC2N(C(=O)OCc3ccccc3)O[C@@H](Cc3ccccc3)C(=O)N2[C@@H](Cc2ccccc2)C1=O. The summed E-state index contributed by atoms with van der Waals surface area (Å²) in [5, 5.41) is 10.3. The molecule has 3 amide bonds. The molecule has 2 aliphatic heterocycles. The van der Waals surface area contributed by atoms with Gasteiger partial charge in [0.05, 0.1) is 13.0 Å². The molecule has 0 radical (unpaired) electrons. The van der Waals surface area contributed by atoms with Crippen molar-refractivity contribution in [1.29, 1.82) is 0 Å². The van der Waals surface area contributed by atoms with E-state index in [1.165, 1.54) is 9.80 Å². The first-order chi connectivity index (χ1) is 19.9. The lowest BCUT2D eigenvalue weighted by Gasteiger charge is -2.52. The quantitative estimate of drug-likeness (QED) is 0.429. The number of rotatable bonds is 9. The third kappa shape index (κ3) is 6.55. The molecule has 5 rings (SSSR count). The number of hydrogen-bond acceptors (Lipinski definition) is 6. The van der Waals surface area contributed by atoms with Gasteiger partial charge in [-0.2, -0.15) is 5.06 Å². The molecule has 0 aliphatic carbocycles. The Kier molecular flexibility index (Phi) is 8.59. The van der Waals surface area contributed by atoms with Gasteiger partial charge in [-0.15, -0.1) is 0 Å². The normalized spacial score (nSPS) is 20.5. The fraction of sp³-hybridized carbons (Fsp3) is 0.290. The van der Waals surface area contributed by atoms with Crippen LogP contribution < -0.4 is 0 Å². The van der Waals surface area contributed by atoms with Crippen molar-refractivity contribution >= 4 is 23.9 Å². The van der Waals surface area contributed by atoms with Gasteiger partial charge in [0.15, 0.2) is 12.3 Å². The summed E-state index contributed by atoms with van der Waals surface area (Å²) in [6, 6.07) is 26.7. The number of hydrogen-bond donors (Lipinski definition) is 1. The molecule has 3 aromatic carbocycles. The van der Waals surface area contributed by atoms with Crippen LogP contribution >= 0.6 is 0 Å². The maximum Gasteiger partial charge on any atom is 0.436 e. The lowest BCUT2D eigenvalue weighted by Crippen LogP contribution is -2.74. The summed E-state index contributed by atoms with van der Waals surface area (Å²) >= 11 is 0. The molecule has 3 aromatic rings. The Bertz CT molecular complexity index is 1370. The fourth-order valence-corrected chi connectivity index (χ4v) is 5.17. The number of ether oxygens (including phenoxy) is 1. The highest BCUT2D eigenvalue weighted by molar-refractivity contribution is 5.92. The third-order valence-electron chi connectivity index (χ3n) is 7.20. The van der Waals surface area contributed by atoms with Crippen LogP contribution in [0.1, 0.15) is 23.1 Å². The van der Waals surface area contributed by atoms with Gasteiger partial charge in [-0.1, -0.05) is 91.0 Å². The minimum absolute atomic E-state index is 0.0152. The average Bonchev–Trinajstić information content (AvgIpc) is 2.99. The second-order valence-electron chi connectivity index (χ2n) is 10.0. The first-order valence-corrected chi connectivity index (χ1v) is 13.5. The van der Waals surface area contributed by atoms with Crippen molar-refractivity contribution in [2.75, 3.05) is 13.1 Å². The minimum atomic E-state index is -1.07. The lowest BCUT2D eigenvalue weighted by molar-refractivity contribution is -0.266. The van der Waals surface area contributed by atoms with Gasteiger partial charge in [-0.25, -0.2) is 4.79 Å². The van der Waals surface area contributed by atoms with Gasteiger partial charge >= 0.3 is 12.1 Å². The van der Waals surface area contributed by atoms with Gasteiger partial charge in [0.1, 0.15) is 12.6 Å². The van der Waals surface area contributed by atoms with E-state index in [9.17, 15) is 24.3 Å². The number of amides is 3. The van der Waals surface area contributed by atoms with Crippen molar-refractivity contribution in [3.8, 4) is 0 Å². The number of aliphatic carboxylic acids is 1. The van der Waals surface area contributed by atoms with Crippen molar-refractivity contribution in [3.63, 3.8) is 0 Å². The predicted octanol–water partition coefficient (Wildman–Crippen LogP) is 3.26. The van der Waals surface area contributed by atoms with Gasteiger partial charge in [0, 0.05) is 19.4 Å². The standard InChI is InChI=1S/C31H31N3O7/c35-28(36)16-17-32-20-27-33(25(29(32)37)18-22-10-4-1-5-11-22)30(38)26(19-23-12-6-2-7-13-23)41-34(27)31(39)40-21-24-14-8-3-9-15-24/h1-15,25-27H,16-21H2,(H,35,36)/t25-,26-,27?/m0/s1. The Hall–Kier alpha value is -4.70. The van der Waals surface area contributed by atoms with Crippen LogP contribution in [0, 0.1) is 0 Å². The number of carboxylic acids is 1. The molecule has 3 atom stereocenters. The Morgan fingerprint density at radius 2 is 1.37 bits per heavy atom. The highest BCUT2D eigenvalue weighted by Gasteiger charge is 2.53. The largest absolute Gasteiger partial charge is 0.481 e. The molecule has 2 fully saturated rings. The molecule has 212 valence electrons. The second-order valence-corrected chi connectivity index (χ2v) is 10.0. The molecule has 1 N–H and O–H groups in total. The van der Waals surface area contributed by atoms with E-state index in [1.807, 2.05) is 91.0 Å². The van der Waals surface area contributed by atoms with E-state index in [1.54, 1.807) is 0 Å². The van der Waals surface area contributed by atoms with Crippen LogP contribution in [0.15, 0.2) is 91.0 Å². The van der Waals surface area contributed by atoms with E-state index < -0.39 is 36.3 Å². The molecule has 0 spiro atoms. The third-order valence-corrected chi connectivity index (χ3v) is 7.20. The maximum atomic E-state index is 14.0. The van der Waals surface area contributed by atoms with E-state index in [4.69, 9.17) is 9.57 Å². The summed E-state index contributed by atoms with van der Waals surface area (Å²) in [5.41, 5.74) is 2.42. The van der Waals surface area contributed by atoms with Crippen LogP contribution in [-0.4, -0.2) is 75.2 Å². The molecule has 10 nitrogen and oxygen atoms in total. The molecule has 10 heteroatoms. The monoisotopic (exact) mass is 557 g/mol. The van der Waals surface area contributed by atoms with Crippen LogP contribution in [0.25, 0.3) is 0 Å². The summed E-state index contributed by atoms with van der Waals surface area (Å²) in [6.07, 6.45) is -2.79. The Balaban J connectivity index is 1.48. The van der Waals surface area contributed by atoms with Crippen LogP contribution in [0.2, 0.25) is 0 Å². The van der Waals surface area contributed by atoms with Crippen molar-refractivity contribution in [2.45, 2.75) is 44.2 Å². The molecular formula is C31H31N3O7. The molecule has 0 aromatic heterocycles. The Morgan fingerprint density at radius 3 is 1.95 bits per heavy atom.